The molecule has 0 radical (unpaired) electrons. The van der Waals surface area contributed by atoms with Crippen molar-refractivity contribution < 1.29 is 14.3 Å². The molecule has 1 fully saturated rings. The minimum atomic E-state index is -1.11. The Kier molecular flexibility index (Phi) is 2.71. The van der Waals surface area contributed by atoms with Gasteiger partial charge in [-0.3, -0.25) is 9.59 Å². The molecule has 1 aromatic rings. The second-order valence-electron chi connectivity index (χ2n) is 5.65. The van der Waals surface area contributed by atoms with E-state index in [1.807, 2.05) is 38.1 Å². The normalized spacial score (nSPS) is 29.7. The minimum absolute atomic E-state index is 0.0943. The number of ether oxygens (including phenoxy) is 1. The largest absolute Gasteiger partial charge is 0.356 e. The number of fused-ring (bicyclic) bond motifs is 2. The fourth-order valence-corrected chi connectivity index (χ4v) is 2.87. The highest BCUT2D eigenvalue weighted by Crippen LogP contribution is 2.45. The molecule has 3 rings (SSSR count). The number of rotatable bonds is 1. The average molecular weight is 259 g/mol. The molecule has 4 nitrogen and oxygen atoms in total. The number of Topliss-reactive ketones (excluding diaryl/α,β-unsaturated/α-hetero) is 1. The molecule has 100 valence electrons. The minimum Gasteiger partial charge on any atom is -0.356 e. The molecule has 1 amide bonds. The summed E-state index contributed by atoms with van der Waals surface area (Å²) in [5, 5.41) is 2.82. The van der Waals surface area contributed by atoms with Crippen molar-refractivity contribution in [1.29, 1.82) is 0 Å². The van der Waals surface area contributed by atoms with Crippen LogP contribution in [-0.2, 0) is 19.9 Å². The highest BCUT2D eigenvalue weighted by molar-refractivity contribution is 6.07. The van der Waals surface area contributed by atoms with Gasteiger partial charge < -0.3 is 10.1 Å². The first-order valence-electron chi connectivity index (χ1n) is 6.63. The molecule has 2 unspecified atom stereocenters. The Morgan fingerprint density at radius 1 is 1.32 bits per heavy atom. The molecular formula is C15H17NO3. The van der Waals surface area contributed by atoms with Crippen LogP contribution in [0.5, 0.6) is 0 Å². The van der Waals surface area contributed by atoms with Crippen molar-refractivity contribution in [3.8, 4) is 0 Å². The molecule has 1 saturated heterocycles. The maximum absolute atomic E-state index is 12.3. The lowest BCUT2D eigenvalue weighted by molar-refractivity contribution is -0.174. The number of anilines is 1. The van der Waals surface area contributed by atoms with Gasteiger partial charge in [-0.2, -0.15) is 0 Å². The predicted molar refractivity (Wildman–Crippen MR) is 70.7 cm³/mol. The molecule has 1 aromatic carbocycles. The number of amides is 1. The third kappa shape index (κ3) is 1.78. The number of para-hydroxylation sites is 1. The number of benzene rings is 1. The van der Waals surface area contributed by atoms with Gasteiger partial charge in [0, 0.05) is 24.1 Å². The average Bonchev–Trinajstić information content (AvgIpc) is 2.62. The highest BCUT2D eigenvalue weighted by atomic mass is 16.5. The fraction of sp³-hybridized carbons (Fsp3) is 0.467. The van der Waals surface area contributed by atoms with Crippen LogP contribution in [0.2, 0.25) is 0 Å². The second kappa shape index (κ2) is 4.17. The zero-order chi connectivity index (χ0) is 13.6. The summed E-state index contributed by atoms with van der Waals surface area (Å²) in [5.74, 6) is 0.0888. The van der Waals surface area contributed by atoms with Crippen molar-refractivity contribution in [2.75, 3.05) is 5.32 Å². The molecule has 2 aliphatic heterocycles. The molecule has 0 saturated carbocycles. The van der Waals surface area contributed by atoms with Crippen LogP contribution in [0.15, 0.2) is 24.3 Å². The maximum atomic E-state index is 12.3. The van der Waals surface area contributed by atoms with Crippen LogP contribution in [0.3, 0.4) is 0 Å². The van der Waals surface area contributed by atoms with Crippen LogP contribution < -0.4 is 5.32 Å². The molecule has 2 aliphatic rings. The smallest absolute Gasteiger partial charge is 0.261 e. The molecule has 2 atom stereocenters. The van der Waals surface area contributed by atoms with Crippen molar-refractivity contribution in [3.63, 3.8) is 0 Å². The van der Waals surface area contributed by atoms with Gasteiger partial charge in [0.25, 0.3) is 5.91 Å². The van der Waals surface area contributed by atoms with Gasteiger partial charge in [-0.05, 0) is 12.0 Å². The van der Waals surface area contributed by atoms with Crippen LogP contribution in [0.25, 0.3) is 0 Å². The predicted octanol–water partition coefficient (Wildman–Crippen LogP) is 2.24. The first kappa shape index (κ1) is 12.4. The fourth-order valence-electron chi connectivity index (χ4n) is 2.87. The number of hydrogen-bond acceptors (Lipinski definition) is 3. The molecule has 1 N–H and O–H groups in total. The Balaban J connectivity index is 2.07. The summed E-state index contributed by atoms with van der Waals surface area (Å²) in [7, 11) is 0. The zero-order valence-electron chi connectivity index (χ0n) is 11.1. The van der Waals surface area contributed by atoms with Gasteiger partial charge in [0.2, 0.25) is 0 Å². The molecule has 0 aliphatic carbocycles. The SMILES string of the molecule is CC(C)C1CC(=O)CC2(O1)C(=O)Nc1ccccc12. The van der Waals surface area contributed by atoms with E-state index in [4.69, 9.17) is 4.74 Å². The van der Waals surface area contributed by atoms with Crippen LogP contribution in [0, 0.1) is 5.92 Å². The molecule has 0 bridgehead atoms. The number of ketones is 1. The van der Waals surface area contributed by atoms with E-state index in [0.717, 1.165) is 11.3 Å². The summed E-state index contributed by atoms with van der Waals surface area (Å²) in [4.78, 5) is 24.4. The van der Waals surface area contributed by atoms with Crippen LogP contribution >= 0.6 is 0 Å². The highest BCUT2D eigenvalue weighted by Gasteiger charge is 2.53. The van der Waals surface area contributed by atoms with E-state index in [0.29, 0.717) is 6.42 Å². The Labute approximate surface area is 112 Å². The first-order chi connectivity index (χ1) is 9.03. The van der Waals surface area contributed by atoms with Crippen LogP contribution in [0.4, 0.5) is 5.69 Å². The summed E-state index contributed by atoms with van der Waals surface area (Å²) in [6.45, 7) is 4.02. The molecule has 19 heavy (non-hydrogen) atoms. The zero-order valence-corrected chi connectivity index (χ0v) is 11.1. The summed E-state index contributed by atoms with van der Waals surface area (Å²) >= 11 is 0. The first-order valence-corrected chi connectivity index (χ1v) is 6.63. The third-order valence-corrected chi connectivity index (χ3v) is 3.95. The van der Waals surface area contributed by atoms with E-state index < -0.39 is 5.60 Å². The van der Waals surface area contributed by atoms with Crippen molar-refractivity contribution in [2.24, 2.45) is 5.92 Å². The van der Waals surface area contributed by atoms with Gasteiger partial charge in [-0.15, -0.1) is 0 Å². The quantitative estimate of drug-likeness (QED) is 0.841. The van der Waals surface area contributed by atoms with Gasteiger partial charge in [0.15, 0.2) is 5.60 Å². The lowest BCUT2D eigenvalue weighted by Gasteiger charge is -2.37. The number of nitrogens with one attached hydrogen (secondary N) is 1. The Morgan fingerprint density at radius 2 is 2.05 bits per heavy atom. The molecule has 2 heterocycles. The summed E-state index contributed by atoms with van der Waals surface area (Å²) in [6.07, 6.45) is 0.339. The number of hydrogen-bond donors (Lipinski definition) is 1. The van der Waals surface area contributed by atoms with E-state index in [2.05, 4.69) is 5.32 Å². The lowest BCUT2D eigenvalue weighted by atomic mass is 9.83. The Morgan fingerprint density at radius 3 is 2.79 bits per heavy atom. The van der Waals surface area contributed by atoms with Crippen LogP contribution in [-0.4, -0.2) is 17.8 Å². The monoisotopic (exact) mass is 259 g/mol. The molecule has 4 heteroatoms. The molecule has 1 spiro atoms. The number of carbonyl (C=O) groups excluding carboxylic acids is 2. The van der Waals surface area contributed by atoms with E-state index >= 15 is 0 Å². The number of carbonyl (C=O) groups is 2. The van der Waals surface area contributed by atoms with E-state index in [1.54, 1.807) is 0 Å². The van der Waals surface area contributed by atoms with Crippen molar-refractivity contribution in [2.45, 2.75) is 38.4 Å². The maximum Gasteiger partial charge on any atom is 0.261 e. The van der Waals surface area contributed by atoms with Gasteiger partial charge in [-0.1, -0.05) is 32.0 Å². The lowest BCUT2D eigenvalue weighted by Crippen LogP contribution is -2.48. The van der Waals surface area contributed by atoms with Gasteiger partial charge in [0.05, 0.1) is 6.10 Å². The third-order valence-electron chi connectivity index (χ3n) is 3.95. The van der Waals surface area contributed by atoms with Crippen molar-refractivity contribution >= 4 is 17.4 Å². The Hall–Kier alpha value is -1.68. The van der Waals surface area contributed by atoms with E-state index in [-0.39, 0.29) is 30.1 Å². The van der Waals surface area contributed by atoms with Gasteiger partial charge >= 0.3 is 0 Å². The van der Waals surface area contributed by atoms with Crippen molar-refractivity contribution in [3.05, 3.63) is 29.8 Å². The van der Waals surface area contributed by atoms with E-state index in [9.17, 15) is 9.59 Å². The Bertz CT molecular complexity index is 552. The second-order valence-corrected chi connectivity index (χ2v) is 5.65. The summed E-state index contributed by atoms with van der Waals surface area (Å²) in [6, 6.07) is 7.44. The topological polar surface area (TPSA) is 55.4 Å². The van der Waals surface area contributed by atoms with Crippen LogP contribution in [0.1, 0.15) is 32.3 Å². The van der Waals surface area contributed by atoms with Gasteiger partial charge in [-0.25, -0.2) is 0 Å². The molecule has 0 aromatic heterocycles. The van der Waals surface area contributed by atoms with E-state index in [1.165, 1.54) is 0 Å². The standard InChI is InChI=1S/C15H17NO3/c1-9(2)13-7-10(17)8-15(19-13)11-5-3-4-6-12(11)16-14(15)18/h3-6,9,13H,7-8H2,1-2H3,(H,16,18). The summed E-state index contributed by atoms with van der Waals surface area (Å²) < 4.78 is 6.07. The van der Waals surface area contributed by atoms with Crippen molar-refractivity contribution in [1.82, 2.24) is 0 Å². The molecular weight excluding hydrogens is 242 g/mol. The van der Waals surface area contributed by atoms with Gasteiger partial charge in [0.1, 0.15) is 5.78 Å². The summed E-state index contributed by atoms with van der Waals surface area (Å²) in [5.41, 5.74) is 0.435.